The Labute approximate surface area is 91.1 Å². The van der Waals surface area contributed by atoms with E-state index in [0.717, 1.165) is 12.8 Å². The summed E-state index contributed by atoms with van der Waals surface area (Å²) in [5, 5.41) is 13.0. The average Bonchev–Trinajstić information content (AvgIpc) is 2.71. The summed E-state index contributed by atoms with van der Waals surface area (Å²) in [6.07, 6.45) is 2.21. The SMILES string of the molecule is O=C1CCCCC1(c1cccs1)[N+](=O)[O-]. The Hall–Kier alpha value is -1.23. The third-order valence-corrected chi connectivity index (χ3v) is 3.92. The highest BCUT2D eigenvalue weighted by Crippen LogP contribution is 2.39. The van der Waals surface area contributed by atoms with Crippen LogP contribution < -0.4 is 0 Å². The molecular weight excluding hydrogens is 214 g/mol. The van der Waals surface area contributed by atoms with Gasteiger partial charge in [0.1, 0.15) is 0 Å². The fraction of sp³-hybridized carbons (Fsp3) is 0.500. The van der Waals surface area contributed by atoms with Crippen LogP contribution in [0, 0.1) is 10.1 Å². The maximum absolute atomic E-state index is 11.8. The van der Waals surface area contributed by atoms with Gasteiger partial charge in [-0.25, -0.2) is 0 Å². The summed E-state index contributed by atoms with van der Waals surface area (Å²) in [5.74, 6) is -0.235. The van der Waals surface area contributed by atoms with Gasteiger partial charge in [-0.15, -0.1) is 11.3 Å². The van der Waals surface area contributed by atoms with Crippen LogP contribution in [0.2, 0.25) is 0 Å². The number of carbonyl (C=O) groups is 1. The van der Waals surface area contributed by atoms with Gasteiger partial charge in [-0.05, 0) is 24.3 Å². The van der Waals surface area contributed by atoms with E-state index < -0.39 is 10.5 Å². The van der Waals surface area contributed by atoms with Crippen molar-refractivity contribution in [1.29, 1.82) is 0 Å². The predicted octanol–water partition coefficient (Wildman–Crippen LogP) is 2.36. The summed E-state index contributed by atoms with van der Waals surface area (Å²) in [4.78, 5) is 23.2. The zero-order chi connectivity index (χ0) is 10.9. The first-order valence-electron chi connectivity index (χ1n) is 4.90. The minimum Gasteiger partial charge on any atom is -0.291 e. The third kappa shape index (κ3) is 1.47. The topological polar surface area (TPSA) is 60.2 Å². The molecule has 1 aromatic rings. The number of ketones is 1. The van der Waals surface area contributed by atoms with Crippen LogP contribution in [0.1, 0.15) is 30.6 Å². The number of hydrogen-bond acceptors (Lipinski definition) is 4. The van der Waals surface area contributed by atoms with Crippen molar-refractivity contribution in [3.8, 4) is 0 Å². The second-order valence-corrected chi connectivity index (χ2v) is 4.67. The first kappa shape index (κ1) is 10.3. The van der Waals surface area contributed by atoms with E-state index in [2.05, 4.69) is 0 Å². The molecule has 0 radical (unpaired) electrons. The lowest BCUT2D eigenvalue weighted by Gasteiger charge is -2.26. The molecule has 1 aromatic heterocycles. The largest absolute Gasteiger partial charge is 0.313 e. The van der Waals surface area contributed by atoms with Crippen LogP contribution in [0.25, 0.3) is 0 Å². The maximum atomic E-state index is 11.8. The molecule has 0 aliphatic heterocycles. The molecule has 4 nitrogen and oxygen atoms in total. The molecule has 5 heteroatoms. The van der Waals surface area contributed by atoms with Crippen molar-refractivity contribution in [3.63, 3.8) is 0 Å². The van der Waals surface area contributed by atoms with E-state index in [-0.39, 0.29) is 5.78 Å². The Balaban J connectivity index is 2.48. The fourth-order valence-corrected chi connectivity index (χ4v) is 3.02. The van der Waals surface area contributed by atoms with E-state index in [1.54, 1.807) is 17.5 Å². The molecule has 0 bridgehead atoms. The molecule has 1 saturated carbocycles. The quantitative estimate of drug-likeness (QED) is 0.573. The molecule has 80 valence electrons. The molecule has 0 spiro atoms. The first-order valence-corrected chi connectivity index (χ1v) is 5.77. The summed E-state index contributed by atoms with van der Waals surface area (Å²) in [7, 11) is 0. The van der Waals surface area contributed by atoms with Crippen LogP contribution in [0.4, 0.5) is 0 Å². The van der Waals surface area contributed by atoms with Gasteiger partial charge in [0, 0.05) is 17.8 Å². The first-order chi connectivity index (χ1) is 7.18. The molecule has 0 amide bonds. The van der Waals surface area contributed by atoms with Crippen molar-refractivity contribution in [3.05, 3.63) is 32.5 Å². The van der Waals surface area contributed by atoms with Gasteiger partial charge in [0.15, 0.2) is 0 Å². The molecule has 1 fully saturated rings. The fourth-order valence-electron chi connectivity index (χ4n) is 2.07. The number of hydrogen-bond donors (Lipinski definition) is 0. The molecule has 0 saturated heterocycles. The zero-order valence-corrected chi connectivity index (χ0v) is 8.96. The summed E-state index contributed by atoms with van der Waals surface area (Å²) < 4.78 is 0. The van der Waals surface area contributed by atoms with Crippen LogP contribution in [0.15, 0.2) is 17.5 Å². The molecule has 1 heterocycles. The van der Waals surface area contributed by atoms with E-state index in [0.29, 0.717) is 17.7 Å². The van der Waals surface area contributed by atoms with Gasteiger partial charge in [0.2, 0.25) is 5.78 Å². The van der Waals surface area contributed by atoms with Gasteiger partial charge in [-0.2, -0.15) is 0 Å². The Morgan fingerprint density at radius 1 is 1.47 bits per heavy atom. The monoisotopic (exact) mass is 225 g/mol. The predicted molar refractivity (Wildman–Crippen MR) is 56.5 cm³/mol. The van der Waals surface area contributed by atoms with Gasteiger partial charge in [0.05, 0.1) is 4.88 Å². The summed E-state index contributed by atoms with van der Waals surface area (Å²) in [6, 6.07) is 3.45. The van der Waals surface area contributed by atoms with Crippen LogP contribution in [-0.4, -0.2) is 10.7 Å². The van der Waals surface area contributed by atoms with Crippen molar-refractivity contribution in [1.82, 2.24) is 0 Å². The third-order valence-electron chi connectivity index (χ3n) is 2.89. The highest BCUT2D eigenvalue weighted by Gasteiger charge is 2.53. The second-order valence-electron chi connectivity index (χ2n) is 3.72. The van der Waals surface area contributed by atoms with Gasteiger partial charge in [-0.1, -0.05) is 6.07 Å². The number of carbonyl (C=O) groups excluding carboxylic acids is 1. The Morgan fingerprint density at radius 3 is 2.80 bits per heavy atom. The van der Waals surface area contributed by atoms with Crippen molar-refractivity contribution < 1.29 is 9.72 Å². The molecule has 1 aliphatic carbocycles. The van der Waals surface area contributed by atoms with E-state index in [4.69, 9.17) is 0 Å². The van der Waals surface area contributed by atoms with Crippen LogP contribution in [0.5, 0.6) is 0 Å². The smallest absolute Gasteiger partial charge is 0.291 e. The minimum absolute atomic E-state index is 0.235. The Kier molecular flexibility index (Phi) is 2.56. The Bertz CT molecular complexity index is 387. The van der Waals surface area contributed by atoms with Gasteiger partial charge < -0.3 is 0 Å². The molecular formula is C10H11NO3S. The molecule has 0 aromatic carbocycles. The normalized spacial score (nSPS) is 26.5. The van der Waals surface area contributed by atoms with E-state index in [9.17, 15) is 14.9 Å². The lowest BCUT2D eigenvalue weighted by molar-refractivity contribution is -0.562. The van der Waals surface area contributed by atoms with Gasteiger partial charge in [-0.3, -0.25) is 14.9 Å². The molecule has 2 rings (SSSR count). The lowest BCUT2D eigenvalue weighted by Crippen LogP contribution is -2.44. The van der Waals surface area contributed by atoms with Crippen LogP contribution >= 0.6 is 11.3 Å². The lowest BCUT2D eigenvalue weighted by atomic mass is 9.80. The summed E-state index contributed by atoms with van der Waals surface area (Å²) in [6.45, 7) is 0. The molecule has 0 N–H and O–H groups in total. The molecule has 1 unspecified atom stereocenters. The van der Waals surface area contributed by atoms with E-state index in [1.807, 2.05) is 0 Å². The van der Waals surface area contributed by atoms with E-state index >= 15 is 0 Å². The summed E-state index contributed by atoms with van der Waals surface area (Å²) in [5.41, 5.74) is -1.44. The van der Waals surface area contributed by atoms with Crippen molar-refractivity contribution >= 4 is 17.1 Å². The van der Waals surface area contributed by atoms with E-state index in [1.165, 1.54) is 11.3 Å². The molecule has 1 atom stereocenters. The number of Topliss-reactive ketones (excluding diaryl/α,β-unsaturated/α-hetero) is 1. The van der Waals surface area contributed by atoms with Crippen molar-refractivity contribution in [2.75, 3.05) is 0 Å². The summed E-state index contributed by atoms with van der Waals surface area (Å²) >= 11 is 1.30. The number of thiophene rings is 1. The molecule has 15 heavy (non-hydrogen) atoms. The van der Waals surface area contributed by atoms with Crippen molar-refractivity contribution in [2.45, 2.75) is 31.2 Å². The highest BCUT2D eigenvalue weighted by atomic mass is 32.1. The highest BCUT2D eigenvalue weighted by molar-refractivity contribution is 7.10. The Morgan fingerprint density at radius 2 is 2.27 bits per heavy atom. The number of nitro groups is 1. The van der Waals surface area contributed by atoms with Gasteiger partial charge >= 0.3 is 5.54 Å². The van der Waals surface area contributed by atoms with Crippen LogP contribution in [-0.2, 0) is 10.3 Å². The van der Waals surface area contributed by atoms with Crippen molar-refractivity contribution in [2.24, 2.45) is 0 Å². The standard InChI is InChI=1S/C10H11NO3S/c12-8-4-1-2-6-10(8,11(13)14)9-5-3-7-15-9/h3,5,7H,1-2,4,6H2. The number of nitrogens with zero attached hydrogens (tertiary/aromatic N) is 1. The second kappa shape index (κ2) is 3.73. The number of rotatable bonds is 2. The average molecular weight is 225 g/mol. The van der Waals surface area contributed by atoms with Crippen LogP contribution in [0.3, 0.4) is 0 Å². The molecule has 1 aliphatic rings. The maximum Gasteiger partial charge on any atom is 0.313 e. The minimum atomic E-state index is -1.44. The zero-order valence-electron chi connectivity index (χ0n) is 8.14. The van der Waals surface area contributed by atoms with Gasteiger partial charge in [0.25, 0.3) is 0 Å².